The van der Waals surface area contributed by atoms with Gasteiger partial charge in [-0.3, -0.25) is 9.59 Å². The van der Waals surface area contributed by atoms with Gasteiger partial charge in [-0.25, -0.2) is 0 Å². The minimum atomic E-state index is -1.60. The Balaban J connectivity index is 2.31. The van der Waals surface area contributed by atoms with Crippen LogP contribution < -0.4 is 0 Å². The van der Waals surface area contributed by atoms with E-state index in [0.717, 1.165) is 57.8 Å². The zero-order valence-electron chi connectivity index (χ0n) is 38.7. The molecule has 10 nitrogen and oxygen atoms in total. The lowest BCUT2D eigenvalue weighted by molar-refractivity contribution is -0.305. The van der Waals surface area contributed by atoms with Crippen molar-refractivity contribution in [3.8, 4) is 0 Å². The molecule has 1 aliphatic rings. The average Bonchev–Trinajstić information content (AvgIpc) is 3.26. The Hall–Kier alpha value is -2.34. The molecule has 1 rings (SSSR count). The highest BCUT2D eigenvalue weighted by atomic mass is 16.7. The summed E-state index contributed by atoms with van der Waals surface area (Å²) in [5, 5.41) is 40.2. The standard InChI is InChI=1S/C51H90O10/c1-3-5-7-9-11-13-15-17-19-21-22-24-25-27-29-31-33-35-37-39-46(53)58-42-44(43-59-51-50(57)49(56)48(55)45(41-52)61-51)60-47(54)40-38-36-34-32-30-28-26-23-20-18-16-14-12-10-8-6-4-2/h11,13,17,19,22,24,27,29,44-45,48-52,55-57H,3-10,12,14-16,18,20-21,23,25-26,28,30-43H2,1-2H3/b13-11+,19-17+,24-22+,29-27+/t44-,45-,48+,49?,50?,51-/m0/s1. The Morgan fingerprint density at radius 3 is 1.41 bits per heavy atom. The number of aliphatic hydroxyl groups is 4. The first-order valence-electron chi connectivity index (χ1n) is 24.7. The van der Waals surface area contributed by atoms with Gasteiger partial charge in [0.2, 0.25) is 0 Å². The van der Waals surface area contributed by atoms with Gasteiger partial charge in [-0.1, -0.05) is 184 Å². The number of esters is 2. The van der Waals surface area contributed by atoms with Crippen molar-refractivity contribution in [1.82, 2.24) is 0 Å². The molecule has 0 radical (unpaired) electrons. The molecule has 2 unspecified atom stereocenters. The monoisotopic (exact) mass is 863 g/mol. The summed E-state index contributed by atoms with van der Waals surface area (Å²) in [6.07, 6.45) is 42.5. The summed E-state index contributed by atoms with van der Waals surface area (Å²) in [4.78, 5) is 25.4. The van der Waals surface area contributed by atoms with Crippen LogP contribution in [-0.4, -0.2) is 89.0 Å². The van der Waals surface area contributed by atoms with Crippen molar-refractivity contribution in [3.63, 3.8) is 0 Å². The fraction of sp³-hybridized carbons (Fsp3) is 0.804. The molecule has 0 aromatic heterocycles. The number of allylic oxidation sites excluding steroid dienone is 8. The summed E-state index contributed by atoms with van der Waals surface area (Å²) in [5.74, 6) is -0.837. The molecule has 354 valence electrons. The van der Waals surface area contributed by atoms with E-state index in [1.54, 1.807) is 0 Å². The maximum Gasteiger partial charge on any atom is 0.306 e. The summed E-state index contributed by atoms with van der Waals surface area (Å²) < 4.78 is 22.2. The molecule has 0 bridgehead atoms. The zero-order chi connectivity index (χ0) is 44.4. The van der Waals surface area contributed by atoms with Crippen LogP contribution in [0.5, 0.6) is 0 Å². The first kappa shape index (κ1) is 56.7. The van der Waals surface area contributed by atoms with Crippen molar-refractivity contribution in [2.75, 3.05) is 19.8 Å². The van der Waals surface area contributed by atoms with Crippen LogP contribution in [0.2, 0.25) is 0 Å². The van der Waals surface area contributed by atoms with E-state index in [-0.39, 0.29) is 26.1 Å². The van der Waals surface area contributed by atoms with Gasteiger partial charge in [0, 0.05) is 12.8 Å². The molecule has 0 aromatic rings. The third-order valence-electron chi connectivity index (χ3n) is 11.2. The molecule has 1 heterocycles. The SMILES string of the molecule is CCCCC/C=C/C/C=C/C/C=C/C/C=C/CCCCCC(=O)OC[C@@H](CO[C@H]1O[C@@H](CO)[C@@H](O)C(O)C1O)OC(=O)CCCCCCCCCCCCCCCCCCC. The molecule has 1 fully saturated rings. The van der Waals surface area contributed by atoms with Crippen molar-refractivity contribution in [3.05, 3.63) is 48.6 Å². The largest absolute Gasteiger partial charge is 0.462 e. The Morgan fingerprint density at radius 1 is 0.508 bits per heavy atom. The third kappa shape index (κ3) is 32.9. The summed E-state index contributed by atoms with van der Waals surface area (Å²) >= 11 is 0. The number of carbonyl (C=O) groups excluding carboxylic acids is 2. The van der Waals surface area contributed by atoms with Crippen molar-refractivity contribution >= 4 is 11.9 Å². The Morgan fingerprint density at radius 2 is 0.918 bits per heavy atom. The number of hydrogen-bond donors (Lipinski definition) is 4. The van der Waals surface area contributed by atoms with Crippen LogP contribution in [0.15, 0.2) is 48.6 Å². The first-order chi connectivity index (χ1) is 29.8. The van der Waals surface area contributed by atoms with Gasteiger partial charge in [-0.05, 0) is 57.8 Å². The topological polar surface area (TPSA) is 152 Å². The van der Waals surface area contributed by atoms with Gasteiger partial charge in [-0.2, -0.15) is 0 Å². The predicted octanol–water partition coefficient (Wildman–Crippen LogP) is 11.2. The Bertz CT molecular complexity index is 1130. The minimum Gasteiger partial charge on any atom is -0.462 e. The number of aliphatic hydroxyl groups excluding tert-OH is 4. The number of unbranched alkanes of at least 4 members (excludes halogenated alkanes) is 22. The molecule has 4 N–H and O–H groups in total. The van der Waals surface area contributed by atoms with Crippen LogP contribution in [0.1, 0.15) is 206 Å². The highest BCUT2D eigenvalue weighted by Crippen LogP contribution is 2.23. The zero-order valence-corrected chi connectivity index (χ0v) is 38.7. The van der Waals surface area contributed by atoms with Crippen molar-refractivity contribution < 1.29 is 49.0 Å². The highest BCUT2D eigenvalue weighted by molar-refractivity contribution is 5.70. The van der Waals surface area contributed by atoms with E-state index in [4.69, 9.17) is 18.9 Å². The molecule has 0 aromatic carbocycles. The first-order valence-corrected chi connectivity index (χ1v) is 24.7. The van der Waals surface area contributed by atoms with E-state index < -0.39 is 55.4 Å². The lowest BCUT2D eigenvalue weighted by Gasteiger charge is -2.39. The third-order valence-corrected chi connectivity index (χ3v) is 11.2. The maximum absolute atomic E-state index is 12.8. The highest BCUT2D eigenvalue weighted by Gasteiger charge is 2.44. The molecular formula is C51H90O10. The molecule has 0 aliphatic carbocycles. The van der Waals surface area contributed by atoms with Gasteiger partial charge >= 0.3 is 11.9 Å². The molecule has 1 aliphatic heterocycles. The van der Waals surface area contributed by atoms with E-state index in [0.29, 0.717) is 12.8 Å². The molecule has 0 saturated carbocycles. The number of carbonyl (C=O) groups is 2. The molecule has 0 amide bonds. The summed E-state index contributed by atoms with van der Waals surface area (Å²) in [7, 11) is 0. The summed E-state index contributed by atoms with van der Waals surface area (Å²) in [5.41, 5.74) is 0. The minimum absolute atomic E-state index is 0.225. The lowest BCUT2D eigenvalue weighted by Crippen LogP contribution is -2.59. The van der Waals surface area contributed by atoms with Crippen LogP contribution in [-0.2, 0) is 28.5 Å². The van der Waals surface area contributed by atoms with Crippen molar-refractivity contribution in [1.29, 1.82) is 0 Å². The Labute approximate surface area is 371 Å². The molecular weight excluding hydrogens is 773 g/mol. The number of ether oxygens (including phenoxy) is 4. The fourth-order valence-electron chi connectivity index (χ4n) is 7.29. The van der Waals surface area contributed by atoms with Gasteiger partial charge in [-0.15, -0.1) is 0 Å². The molecule has 0 spiro atoms. The number of hydrogen-bond acceptors (Lipinski definition) is 10. The van der Waals surface area contributed by atoms with Crippen LogP contribution in [0, 0.1) is 0 Å². The second-order valence-corrected chi connectivity index (χ2v) is 16.9. The predicted molar refractivity (Wildman–Crippen MR) is 247 cm³/mol. The average molecular weight is 863 g/mol. The lowest BCUT2D eigenvalue weighted by atomic mass is 9.99. The maximum atomic E-state index is 12.8. The van der Waals surface area contributed by atoms with Crippen molar-refractivity contribution in [2.24, 2.45) is 0 Å². The molecule has 1 saturated heterocycles. The summed E-state index contributed by atoms with van der Waals surface area (Å²) in [6, 6.07) is 0. The van der Waals surface area contributed by atoms with Gasteiger partial charge < -0.3 is 39.4 Å². The van der Waals surface area contributed by atoms with E-state index in [1.807, 2.05) is 0 Å². The summed E-state index contributed by atoms with van der Waals surface area (Å²) in [6.45, 7) is 3.38. The van der Waals surface area contributed by atoms with Gasteiger partial charge in [0.1, 0.15) is 31.0 Å². The van der Waals surface area contributed by atoms with Gasteiger partial charge in [0.15, 0.2) is 12.4 Å². The fourth-order valence-corrected chi connectivity index (χ4v) is 7.29. The van der Waals surface area contributed by atoms with Gasteiger partial charge in [0.05, 0.1) is 13.2 Å². The smallest absolute Gasteiger partial charge is 0.306 e. The number of rotatable bonds is 41. The van der Waals surface area contributed by atoms with Crippen LogP contribution >= 0.6 is 0 Å². The van der Waals surface area contributed by atoms with E-state index in [2.05, 4.69) is 62.5 Å². The van der Waals surface area contributed by atoms with Gasteiger partial charge in [0.25, 0.3) is 0 Å². The second-order valence-electron chi connectivity index (χ2n) is 16.9. The van der Waals surface area contributed by atoms with E-state index in [9.17, 15) is 30.0 Å². The Kier molecular flexibility index (Phi) is 38.7. The quantitative estimate of drug-likeness (QED) is 0.0265. The molecule has 10 heteroatoms. The molecule has 6 atom stereocenters. The molecule has 61 heavy (non-hydrogen) atoms. The van der Waals surface area contributed by atoms with Crippen molar-refractivity contribution in [2.45, 2.75) is 243 Å². The van der Waals surface area contributed by atoms with Crippen LogP contribution in [0.4, 0.5) is 0 Å². The normalized spacial score (nSPS) is 20.1. The van der Waals surface area contributed by atoms with Crippen LogP contribution in [0.3, 0.4) is 0 Å². The van der Waals surface area contributed by atoms with E-state index >= 15 is 0 Å². The second kappa shape index (κ2) is 41.7. The van der Waals surface area contributed by atoms with Crippen LogP contribution in [0.25, 0.3) is 0 Å². The van der Waals surface area contributed by atoms with E-state index in [1.165, 1.54) is 109 Å².